The van der Waals surface area contributed by atoms with Crippen LogP contribution < -0.4 is 5.32 Å². The number of carbonyl (C=O) groups is 1. The van der Waals surface area contributed by atoms with Gasteiger partial charge in [0, 0.05) is 23.1 Å². The molecule has 3 rings (SSSR count). The molecule has 138 valence electrons. The standard InChI is InChI=1S/C18H18BrFN2O3S/c19-15-7-8-17(16(20)11-15)21-18(23)14-5-3-13(4-6-14)12-26(24,25)22-9-1-2-10-22/h3-8,11H,1-2,9-10,12H2,(H,21,23). The Morgan fingerprint density at radius 2 is 1.77 bits per heavy atom. The molecule has 1 aliphatic rings. The van der Waals surface area contributed by atoms with E-state index in [0.717, 1.165) is 12.8 Å². The molecule has 0 aliphatic carbocycles. The molecule has 26 heavy (non-hydrogen) atoms. The number of hydrogen-bond acceptors (Lipinski definition) is 3. The van der Waals surface area contributed by atoms with Crippen LogP contribution in [0.4, 0.5) is 10.1 Å². The summed E-state index contributed by atoms with van der Waals surface area (Å²) in [5.41, 5.74) is 1.02. The first-order valence-corrected chi connectivity index (χ1v) is 10.6. The van der Waals surface area contributed by atoms with E-state index in [9.17, 15) is 17.6 Å². The van der Waals surface area contributed by atoms with Gasteiger partial charge in [-0.15, -0.1) is 0 Å². The third-order valence-electron chi connectivity index (χ3n) is 4.20. The SMILES string of the molecule is O=C(Nc1ccc(Br)cc1F)c1ccc(CS(=O)(=O)N2CCCC2)cc1. The van der Waals surface area contributed by atoms with E-state index in [1.54, 1.807) is 30.3 Å². The van der Waals surface area contributed by atoms with E-state index in [1.165, 1.54) is 16.4 Å². The van der Waals surface area contributed by atoms with Crippen LogP contribution in [0.5, 0.6) is 0 Å². The second kappa shape index (κ2) is 7.85. The lowest BCUT2D eigenvalue weighted by atomic mass is 10.1. The van der Waals surface area contributed by atoms with Gasteiger partial charge in [0.2, 0.25) is 10.0 Å². The van der Waals surface area contributed by atoms with Gasteiger partial charge in [-0.3, -0.25) is 4.79 Å². The fourth-order valence-corrected chi connectivity index (χ4v) is 4.75. The molecule has 0 unspecified atom stereocenters. The van der Waals surface area contributed by atoms with Gasteiger partial charge >= 0.3 is 0 Å². The summed E-state index contributed by atoms with van der Waals surface area (Å²) in [6, 6.07) is 10.7. The Morgan fingerprint density at radius 1 is 1.12 bits per heavy atom. The Kier molecular flexibility index (Phi) is 5.74. The Labute approximate surface area is 160 Å². The average Bonchev–Trinajstić information content (AvgIpc) is 3.13. The first-order valence-electron chi connectivity index (χ1n) is 8.18. The van der Waals surface area contributed by atoms with Crippen LogP contribution in [0.2, 0.25) is 0 Å². The highest BCUT2D eigenvalue weighted by Gasteiger charge is 2.25. The Morgan fingerprint density at radius 3 is 2.38 bits per heavy atom. The fourth-order valence-electron chi connectivity index (χ4n) is 2.81. The number of nitrogens with zero attached hydrogens (tertiary/aromatic N) is 1. The molecule has 0 atom stereocenters. The van der Waals surface area contributed by atoms with Crippen LogP contribution in [-0.4, -0.2) is 31.7 Å². The summed E-state index contributed by atoms with van der Waals surface area (Å²) in [4.78, 5) is 12.2. The molecule has 1 N–H and O–H groups in total. The molecule has 0 bridgehead atoms. The van der Waals surface area contributed by atoms with Crippen molar-refractivity contribution >= 4 is 37.5 Å². The third-order valence-corrected chi connectivity index (χ3v) is 6.55. The van der Waals surface area contributed by atoms with Crippen molar-refractivity contribution in [3.05, 3.63) is 63.9 Å². The number of anilines is 1. The number of rotatable bonds is 5. The molecule has 0 radical (unpaired) electrons. The summed E-state index contributed by atoms with van der Waals surface area (Å²) >= 11 is 3.16. The monoisotopic (exact) mass is 440 g/mol. The van der Waals surface area contributed by atoms with Crippen molar-refractivity contribution in [2.24, 2.45) is 0 Å². The van der Waals surface area contributed by atoms with Crippen LogP contribution in [0.3, 0.4) is 0 Å². The lowest BCUT2D eigenvalue weighted by Gasteiger charge is -2.15. The second-order valence-corrected chi connectivity index (χ2v) is 9.02. The van der Waals surface area contributed by atoms with Gasteiger partial charge in [-0.1, -0.05) is 28.1 Å². The second-order valence-electron chi connectivity index (χ2n) is 6.14. The molecule has 2 aromatic rings. The molecule has 8 heteroatoms. The van der Waals surface area contributed by atoms with Gasteiger partial charge in [0.05, 0.1) is 11.4 Å². The largest absolute Gasteiger partial charge is 0.319 e. The Hall–Kier alpha value is -1.77. The van der Waals surface area contributed by atoms with E-state index in [2.05, 4.69) is 21.2 Å². The highest BCUT2D eigenvalue weighted by atomic mass is 79.9. The minimum Gasteiger partial charge on any atom is -0.319 e. The molecule has 5 nitrogen and oxygen atoms in total. The zero-order chi connectivity index (χ0) is 18.7. The normalized spacial score (nSPS) is 15.2. The first kappa shape index (κ1) is 19.0. The lowest BCUT2D eigenvalue weighted by molar-refractivity contribution is 0.102. The maximum Gasteiger partial charge on any atom is 0.255 e. The molecule has 2 aromatic carbocycles. The minimum atomic E-state index is -3.33. The van der Waals surface area contributed by atoms with E-state index < -0.39 is 21.7 Å². The number of benzene rings is 2. The summed E-state index contributed by atoms with van der Waals surface area (Å²) in [5.74, 6) is -1.09. The van der Waals surface area contributed by atoms with Gasteiger partial charge in [-0.25, -0.2) is 17.1 Å². The molecule has 1 saturated heterocycles. The zero-order valence-electron chi connectivity index (χ0n) is 13.9. The Balaban J connectivity index is 1.68. The van der Waals surface area contributed by atoms with Crippen LogP contribution >= 0.6 is 15.9 Å². The van der Waals surface area contributed by atoms with Crippen molar-refractivity contribution in [1.29, 1.82) is 0 Å². The summed E-state index contributed by atoms with van der Waals surface area (Å²) in [7, 11) is -3.33. The minimum absolute atomic E-state index is 0.0823. The van der Waals surface area contributed by atoms with Gasteiger partial charge in [0.15, 0.2) is 0 Å². The Bertz CT molecular complexity index is 911. The quantitative estimate of drug-likeness (QED) is 0.769. The molecule has 0 saturated carbocycles. The fraction of sp³-hybridized carbons (Fsp3) is 0.278. The van der Waals surface area contributed by atoms with E-state index >= 15 is 0 Å². The number of carbonyl (C=O) groups excluding carboxylic acids is 1. The van der Waals surface area contributed by atoms with E-state index in [1.807, 2.05) is 0 Å². The van der Waals surface area contributed by atoms with E-state index in [0.29, 0.717) is 28.7 Å². The van der Waals surface area contributed by atoms with E-state index in [4.69, 9.17) is 0 Å². The maximum absolute atomic E-state index is 13.8. The van der Waals surface area contributed by atoms with Crippen LogP contribution in [0.25, 0.3) is 0 Å². The van der Waals surface area contributed by atoms with Crippen molar-refractivity contribution in [1.82, 2.24) is 4.31 Å². The predicted octanol–water partition coefficient (Wildman–Crippen LogP) is 3.77. The van der Waals surface area contributed by atoms with Crippen molar-refractivity contribution in [3.63, 3.8) is 0 Å². The lowest BCUT2D eigenvalue weighted by Crippen LogP contribution is -2.29. The highest BCUT2D eigenvalue weighted by molar-refractivity contribution is 9.10. The number of nitrogens with one attached hydrogen (secondary N) is 1. The summed E-state index contributed by atoms with van der Waals surface area (Å²) < 4.78 is 40.5. The number of sulfonamides is 1. The first-order chi connectivity index (χ1) is 12.3. The molecule has 1 fully saturated rings. The zero-order valence-corrected chi connectivity index (χ0v) is 16.3. The topological polar surface area (TPSA) is 66.5 Å². The number of hydrogen-bond donors (Lipinski definition) is 1. The summed E-state index contributed by atoms with van der Waals surface area (Å²) in [5, 5.41) is 2.50. The maximum atomic E-state index is 13.8. The van der Waals surface area contributed by atoms with Crippen molar-refractivity contribution in [2.45, 2.75) is 18.6 Å². The van der Waals surface area contributed by atoms with Crippen molar-refractivity contribution in [3.8, 4) is 0 Å². The van der Waals surface area contributed by atoms with Crippen molar-refractivity contribution in [2.75, 3.05) is 18.4 Å². The molecular weight excluding hydrogens is 423 g/mol. The van der Waals surface area contributed by atoms with Crippen LogP contribution in [0, 0.1) is 5.82 Å². The molecule has 1 heterocycles. The van der Waals surface area contributed by atoms with Crippen LogP contribution in [-0.2, 0) is 15.8 Å². The number of amides is 1. The van der Waals surface area contributed by atoms with Gasteiger partial charge in [-0.2, -0.15) is 0 Å². The molecular formula is C18H18BrFN2O3S. The van der Waals surface area contributed by atoms with Crippen LogP contribution in [0.15, 0.2) is 46.9 Å². The van der Waals surface area contributed by atoms with Gasteiger partial charge in [-0.05, 0) is 48.7 Å². The average molecular weight is 441 g/mol. The van der Waals surface area contributed by atoms with Gasteiger partial charge in [0.1, 0.15) is 5.82 Å². The third kappa shape index (κ3) is 4.49. The molecule has 0 aromatic heterocycles. The molecule has 1 amide bonds. The van der Waals surface area contributed by atoms with Gasteiger partial charge < -0.3 is 5.32 Å². The summed E-state index contributed by atoms with van der Waals surface area (Å²) in [6.07, 6.45) is 1.79. The molecule has 1 aliphatic heterocycles. The number of halogens is 2. The highest BCUT2D eigenvalue weighted by Crippen LogP contribution is 2.21. The smallest absolute Gasteiger partial charge is 0.255 e. The van der Waals surface area contributed by atoms with E-state index in [-0.39, 0.29) is 11.4 Å². The predicted molar refractivity (Wildman–Crippen MR) is 102 cm³/mol. The van der Waals surface area contributed by atoms with Crippen molar-refractivity contribution < 1.29 is 17.6 Å². The van der Waals surface area contributed by atoms with Crippen LogP contribution in [0.1, 0.15) is 28.8 Å². The van der Waals surface area contributed by atoms with Gasteiger partial charge in [0.25, 0.3) is 5.91 Å². The summed E-state index contributed by atoms with van der Waals surface area (Å²) in [6.45, 7) is 1.14. The molecule has 0 spiro atoms.